The van der Waals surface area contributed by atoms with Gasteiger partial charge in [-0.05, 0) is 48.4 Å². The Morgan fingerprint density at radius 1 is 0.931 bits per heavy atom. The minimum absolute atomic E-state index is 0.0000463. The molecule has 5 rings (SSSR count). The van der Waals surface area contributed by atoms with Crippen LogP contribution in [0.1, 0.15) is 56.7 Å². The Hall–Kier alpha value is -2.48. The number of benzene rings is 2. The molecule has 0 heterocycles. The highest BCUT2D eigenvalue weighted by molar-refractivity contribution is 6.10. The summed E-state index contributed by atoms with van der Waals surface area (Å²) in [5, 5.41) is 0. The molecule has 2 nitrogen and oxygen atoms in total. The van der Waals surface area contributed by atoms with Crippen LogP contribution >= 0.6 is 0 Å². The van der Waals surface area contributed by atoms with E-state index in [4.69, 9.17) is 0 Å². The van der Waals surface area contributed by atoms with Crippen molar-refractivity contribution in [2.24, 2.45) is 17.8 Å². The fourth-order valence-corrected chi connectivity index (χ4v) is 6.79. The number of Topliss-reactive ketones (excluding diaryl/α,β-unsaturated/α-hetero) is 2. The van der Waals surface area contributed by atoms with Gasteiger partial charge in [0.2, 0.25) is 0 Å². The summed E-state index contributed by atoms with van der Waals surface area (Å²) < 4.78 is 0. The van der Waals surface area contributed by atoms with E-state index in [1.165, 1.54) is 11.1 Å². The van der Waals surface area contributed by atoms with Gasteiger partial charge >= 0.3 is 0 Å². The highest BCUT2D eigenvalue weighted by atomic mass is 16.1. The number of unbranched alkanes of at least 4 members (excludes halogenated alkanes) is 1. The summed E-state index contributed by atoms with van der Waals surface area (Å²) in [6.45, 7) is 6.16. The highest BCUT2D eigenvalue weighted by Gasteiger charge is 2.71. The lowest BCUT2D eigenvalue weighted by molar-refractivity contribution is -0.129. The van der Waals surface area contributed by atoms with Gasteiger partial charge < -0.3 is 0 Å². The third kappa shape index (κ3) is 2.12. The van der Waals surface area contributed by atoms with Crippen LogP contribution in [0.2, 0.25) is 0 Å². The molecule has 0 aliphatic heterocycles. The van der Waals surface area contributed by atoms with Crippen LogP contribution in [0.15, 0.2) is 66.2 Å². The van der Waals surface area contributed by atoms with E-state index in [9.17, 15) is 9.59 Å². The maximum absolute atomic E-state index is 14.0. The molecule has 4 bridgehead atoms. The Labute approximate surface area is 173 Å². The number of allylic oxidation sites excluding steroid dienone is 2. The van der Waals surface area contributed by atoms with Crippen molar-refractivity contribution in [3.05, 3.63) is 82.9 Å². The molecular weight excluding hydrogens is 356 g/mol. The largest absolute Gasteiger partial charge is 0.298 e. The Bertz CT molecular complexity index is 1030. The van der Waals surface area contributed by atoms with E-state index in [1.54, 1.807) is 0 Å². The zero-order valence-corrected chi connectivity index (χ0v) is 17.4. The van der Waals surface area contributed by atoms with Crippen molar-refractivity contribution in [1.29, 1.82) is 0 Å². The van der Waals surface area contributed by atoms with Crippen LogP contribution in [0.25, 0.3) is 0 Å². The summed E-state index contributed by atoms with van der Waals surface area (Å²) in [6, 6.07) is 18.9. The summed E-state index contributed by atoms with van der Waals surface area (Å²) in [7, 11) is 0. The zero-order chi connectivity index (χ0) is 20.4. The van der Waals surface area contributed by atoms with Crippen molar-refractivity contribution in [3.63, 3.8) is 0 Å². The van der Waals surface area contributed by atoms with E-state index in [0.717, 1.165) is 30.4 Å². The second kappa shape index (κ2) is 6.26. The number of rotatable bonds is 4. The Morgan fingerprint density at radius 2 is 1.59 bits per heavy atom. The minimum atomic E-state index is -0.718. The average Bonchev–Trinajstić information content (AvgIpc) is 2.95. The lowest BCUT2D eigenvalue weighted by Crippen LogP contribution is -2.54. The summed E-state index contributed by atoms with van der Waals surface area (Å²) in [5.41, 5.74) is 3.16. The van der Waals surface area contributed by atoms with Crippen LogP contribution in [-0.2, 0) is 20.4 Å². The Morgan fingerprint density at radius 3 is 2.28 bits per heavy atom. The second-order valence-electron chi connectivity index (χ2n) is 9.29. The Kier molecular flexibility index (Phi) is 4.00. The molecule has 0 amide bonds. The van der Waals surface area contributed by atoms with Crippen molar-refractivity contribution >= 4 is 11.6 Å². The molecule has 3 aliphatic rings. The SMILES string of the molecule is CCCC[C@H]1C(=O)[C@]2(C)c3ccccc3[C@@]3(c4ccccc4)C=C(C)C(=O)[C@@H]2[C@@H]13. The molecule has 29 heavy (non-hydrogen) atoms. The van der Waals surface area contributed by atoms with Gasteiger partial charge in [0, 0.05) is 17.3 Å². The summed E-state index contributed by atoms with van der Waals surface area (Å²) in [6.07, 6.45) is 5.15. The molecule has 5 atom stereocenters. The number of hydrogen-bond donors (Lipinski definition) is 0. The third-order valence-electron chi connectivity index (χ3n) is 7.96. The van der Waals surface area contributed by atoms with Gasteiger partial charge in [0.15, 0.2) is 5.78 Å². The molecular formula is C27H28O2. The van der Waals surface area contributed by atoms with Gasteiger partial charge in [0.25, 0.3) is 0 Å². The molecule has 0 unspecified atom stereocenters. The highest BCUT2D eigenvalue weighted by Crippen LogP contribution is 2.67. The third-order valence-corrected chi connectivity index (χ3v) is 7.96. The smallest absolute Gasteiger partial charge is 0.163 e. The van der Waals surface area contributed by atoms with Crippen molar-refractivity contribution in [2.75, 3.05) is 0 Å². The molecule has 148 valence electrons. The molecule has 2 aromatic carbocycles. The summed E-state index contributed by atoms with van der Waals surface area (Å²) >= 11 is 0. The molecule has 0 N–H and O–H groups in total. The fraction of sp³-hybridized carbons (Fsp3) is 0.407. The van der Waals surface area contributed by atoms with E-state index < -0.39 is 10.8 Å². The quantitative estimate of drug-likeness (QED) is 0.708. The number of carbonyl (C=O) groups excluding carboxylic acids is 2. The summed E-state index contributed by atoms with van der Waals surface area (Å²) in [4.78, 5) is 27.5. The summed E-state index contributed by atoms with van der Waals surface area (Å²) in [5.74, 6) is 0.108. The maximum Gasteiger partial charge on any atom is 0.163 e. The van der Waals surface area contributed by atoms with Gasteiger partial charge in [-0.3, -0.25) is 9.59 Å². The van der Waals surface area contributed by atoms with Crippen molar-refractivity contribution in [3.8, 4) is 0 Å². The standard InChI is InChI=1S/C27H28O2/c1-4-5-13-19-22-23-24(28)17(2)16-27(22,18-11-7-6-8-12-18)21-15-10-9-14-20(21)26(23,3)25(19)29/h6-12,14-16,19,22-23H,4-5,13H2,1-3H3/t19-,22-,23+,26-,27+/m1/s1. The van der Waals surface area contributed by atoms with Gasteiger partial charge in [0.05, 0.1) is 5.41 Å². The molecule has 0 saturated heterocycles. The van der Waals surface area contributed by atoms with Crippen molar-refractivity contribution in [2.45, 2.75) is 50.9 Å². The predicted octanol–water partition coefficient (Wildman–Crippen LogP) is 5.39. The van der Waals surface area contributed by atoms with Crippen molar-refractivity contribution in [1.82, 2.24) is 0 Å². The van der Waals surface area contributed by atoms with Crippen molar-refractivity contribution < 1.29 is 9.59 Å². The first kappa shape index (κ1) is 18.5. The van der Waals surface area contributed by atoms with Crippen LogP contribution in [-0.4, -0.2) is 11.6 Å². The van der Waals surface area contributed by atoms with Crippen LogP contribution in [0.4, 0.5) is 0 Å². The number of fused-ring (bicyclic) bond motifs is 3. The van der Waals surface area contributed by atoms with E-state index >= 15 is 0 Å². The lowest BCUT2D eigenvalue weighted by atomic mass is 9.48. The minimum Gasteiger partial charge on any atom is -0.298 e. The average molecular weight is 385 g/mol. The van der Waals surface area contributed by atoms with Gasteiger partial charge in [-0.2, -0.15) is 0 Å². The van der Waals surface area contributed by atoms with E-state index in [-0.39, 0.29) is 29.3 Å². The Balaban J connectivity index is 1.90. The molecule has 0 spiro atoms. The monoisotopic (exact) mass is 384 g/mol. The molecule has 0 radical (unpaired) electrons. The van der Waals surface area contributed by atoms with Crippen LogP contribution < -0.4 is 0 Å². The molecule has 2 aromatic rings. The van der Waals surface area contributed by atoms with Crippen LogP contribution in [0, 0.1) is 17.8 Å². The molecule has 3 aliphatic carbocycles. The van der Waals surface area contributed by atoms with Gasteiger partial charge in [-0.15, -0.1) is 0 Å². The normalized spacial score (nSPS) is 34.7. The second-order valence-corrected chi connectivity index (χ2v) is 9.29. The first-order valence-electron chi connectivity index (χ1n) is 10.9. The molecule has 1 fully saturated rings. The first-order valence-corrected chi connectivity index (χ1v) is 10.9. The number of carbonyl (C=O) groups is 2. The molecule has 0 aromatic heterocycles. The predicted molar refractivity (Wildman–Crippen MR) is 115 cm³/mol. The number of ketones is 2. The van der Waals surface area contributed by atoms with E-state index in [2.05, 4.69) is 55.5 Å². The molecule has 2 heteroatoms. The van der Waals surface area contributed by atoms with Crippen LogP contribution in [0.5, 0.6) is 0 Å². The fourth-order valence-electron chi connectivity index (χ4n) is 6.79. The van der Waals surface area contributed by atoms with Gasteiger partial charge in [-0.1, -0.05) is 80.4 Å². The molecule has 1 saturated carbocycles. The van der Waals surface area contributed by atoms with E-state index in [0.29, 0.717) is 0 Å². The number of hydrogen-bond acceptors (Lipinski definition) is 2. The topological polar surface area (TPSA) is 34.1 Å². The maximum atomic E-state index is 14.0. The van der Waals surface area contributed by atoms with Crippen LogP contribution in [0.3, 0.4) is 0 Å². The van der Waals surface area contributed by atoms with Gasteiger partial charge in [0.1, 0.15) is 5.78 Å². The lowest BCUT2D eigenvalue weighted by Gasteiger charge is -2.52. The van der Waals surface area contributed by atoms with Gasteiger partial charge in [-0.25, -0.2) is 0 Å². The first-order chi connectivity index (χ1) is 14.0. The zero-order valence-electron chi connectivity index (χ0n) is 17.4. The van der Waals surface area contributed by atoms with E-state index in [1.807, 2.05) is 26.0 Å².